The Morgan fingerprint density at radius 2 is 2.10 bits per heavy atom. The van der Waals surface area contributed by atoms with Gasteiger partial charge in [0.2, 0.25) is 0 Å². The van der Waals surface area contributed by atoms with Crippen LogP contribution >= 0.6 is 11.3 Å². The van der Waals surface area contributed by atoms with Crippen molar-refractivity contribution in [2.24, 2.45) is 0 Å². The van der Waals surface area contributed by atoms with Crippen LogP contribution in [0.2, 0.25) is 0 Å². The van der Waals surface area contributed by atoms with E-state index < -0.39 is 0 Å². The van der Waals surface area contributed by atoms with E-state index in [1.54, 1.807) is 24.3 Å². The first-order valence-electron chi connectivity index (χ1n) is 6.54. The maximum atomic E-state index is 11.9. The number of nitrogens with one attached hydrogen (secondary N) is 1. The number of esters is 1. The number of anilines is 1. The van der Waals surface area contributed by atoms with Gasteiger partial charge in [-0.3, -0.25) is 0 Å². The SMILES string of the molecule is CCOC(=O)c1ccccc1NCc1sc(C)nc1C. The molecule has 4 nitrogen and oxygen atoms in total. The first-order chi connectivity index (χ1) is 9.61. The average molecular weight is 290 g/mol. The Kier molecular flexibility index (Phi) is 4.74. The highest BCUT2D eigenvalue weighted by molar-refractivity contribution is 7.11. The van der Waals surface area contributed by atoms with Crippen LogP contribution in [0.25, 0.3) is 0 Å². The molecule has 0 bridgehead atoms. The van der Waals surface area contributed by atoms with Crippen LogP contribution in [-0.2, 0) is 11.3 Å². The van der Waals surface area contributed by atoms with E-state index in [4.69, 9.17) is 4.74 Å². The number of benzene rings is 1. The fourth-order valence-corrected chi connectivity index (χ4v) is 2.81. The van der Waals surface area contributed by atoms with Gasteiger partial charge in [-0.1, -0.05) is 12.1 Å². The molecule has 1 N–H and O–H groups in total. The van der Waals surface area contributed by atoms with Crippen molar-refractivity contribution < 1.29 is 9.53 Å². The van der Waals surface area contributed by atoms with Gasteiger partial charge in [-0.15, -0.1) is 11.3 Å². The fourth-order valence-electron chi connectivity index (χ4n) is 1.94. The number of carbonyl (C=O) groups excluding carboxylic acids is 1. The minimum Gasteiger partial charge on any atom is -0.462 e. The molecule has 5 heteroatoms. The maximum Gasteiger partial charge on any atom is 0.340 e. The van der Waals surface area contributed by atoms with E-state index in [1.807, 2.05) is 32.0 Å². The summed E-state index contributed by atoms with van der Waals surface area (Å²) in [6.07, 6.45) is 0. The van der Waals surface area contributed by atoms with E-state index >= 15 is 0 Å². The van der Waals surface area contributed by atoms with Gasteiger partial charge in [-0.25, -0.2) is 9.78 Å². The number of ether oxygens (including phenoxy) is 1. The number of thiazole rings is 1. The summed E-state index contributed by atoms with van der Waals surface area (Å²) >= 11 is 1.67. The van der Waals surface area contributed by atoms with E-state index in [0.717, 1.165) is 16.4 Å². The van der Waals surface area contributed by atoms with Gasteiger partial charge in [-0.05, 0) is 32.9 Å². The number of hydrogen-bond acceptors (Lipinski definition) is 5. The van der Waals surface area contributed by atoms with E-state index in [-0.39, 0.29) is 5.97 Å². The van der Waals surface area contributed by atoms with Crippen molar-refractivity contribution in [3.63, 3.8) is 0 Å². The fraction of sp³-hybridized carbons (Fsp3) is 0.333. The third-order valence-electron chi connectivity index (χ3n) is 2.86. The highest BCUT2D eigenvalue weighted by Crippen LogP contribution is 2.21. The zero-order valence-electron chi connectivity index (χ0n) is 11.9. The molecule has 0 amide bonds. The average Bonchev–Trinajstić information content (AvgIpc) is 2.75. The summed E-state index contributed by atoms with van der Waals surface area (Å²) in [6.45, 7) is 6.83. The quantitative estimate of drug-likeness (QED) is 0.856. The molecule has 20 heavy (non-hydrogen) atoms. The molecule has 0 radical (unpaired) electrons. The van der Waals surface area contributed by atoms with Crippen molar-refractivity contribution in [2.45, 2.75) is 27.3 Å². The van der Waals surface area contributed by atoms with E-state index in [9.17, 15) is 4.79 Å². The molecular weight excluding hydrogens is 272 g/mol. The van der Waals surface area contributed by atoms with Crippen LogP contribution in [0.3, 0.4) is 0 Å². The molecule has 2 rings (SSSR count). The lowest BCUT2D eigenvalue weighted by Gasteiger charge is -2.10. The molecule has 1 aromatic heterocycles. The molecule has 0 aliphatic heterocycles. The maximum absolute atomic E-state index is 11.9. The van der Waals surface area contributed by atoms with Crippen molar-refractivity contribution in [3.8, 4) is 0 Å². The zero-order valence-corrected chi connectivity index (χ0v) is 12.7. The smallest absolute Gasteiger partial charge is 0.340 e. The lowest BCUT2D eigenvalue weighted by molar-refractivity contribution is 0.0527. The number of rotatable bonds is 5. The van der Waals surface area contributed by atoms with Crippen LogP contribution < -0.4 is 5.32 Å². The Bertz CT molecular complexity index is 608. The van der Waals surface area contributed by atoms with E-state index in [0.29, 0.717) is 18.7 Å². The van der Waals surface area contributed by atoms with Crippen molar-refractivity contribution in [1.82, 2.24) is 4.98 Å². The molecule has 0 fully saturated rings. The van der Waals surface area contributed by atoms with Gasteiger partial charge in [0.15, 0.2) is 0 Å². The molecule has 2 aromatic rings. The number of aromatic nitrogens is 1. The second-order valence-corrected chi connectivity index (χ2v) is 5.65. The summed E-state index contributed by atoms with van der Waals surface area (Å²) in [5.74, 6) is -0.298. The molecule has 0 atom stereocenters. The van der Waals surface area contributed by atoms with Crippen LogP contribution in [0.1, 0.15) is 32.9 Å². The van der Waals surface area contributed by atoms with Gasteiger partial charge in [0, 0.05) is 10.6 Å². The van der Waals surface area contributed by atoms with Crippen LogP contribution in [0.4, 0.5) is 5.69 Å². The van der Waals surface area contributed by atoms with Crippen LogP contribution in [0.15, 0.2) is 24.3 Å². The van der Waals surface area contributed by atoms with Crippen molar-refractivity contribution >= 4 is 23.0 Å². The summed E-state index contributed by atoms with van der Waals surface area (Å²) < 4.78 is 5.06. The van der Waals surface area contributed by atoms with Crippen molar-refractivity contribution in [1.29, 1.82) is 0 Å². The van der Waals surface area contributed by atoms with E-state index in [1.165, 1.54) is 4.88 Å². The van der Waals surface area contributed by atoms with Crippen molar-refractivity contribution in [2.75, 3.05) is 11.9 Å². The Morgan fingerprint density at radius 3 is 2.75 bits per heavy atom. The van der Waals surface area contributed by atoms with Crippen LogP contribution in [0.5, 0.6) is 0 Å². The van der Waals surface area contributed by atoms with E-state index in [2.05, 4.69) is 10.3 Å². The van der Waals surface area contributed by atoms with Crippen molar-refractivity contribution in [3.05, 3.63) is 45.4 Å². The predicted molar refractivity (Wildman–Crippen MR) is 81.3 cm³/mol. The molecule has 0 aliphatic carbocycles. The molecule has 0 spiro atoms. The number of nitrogens with zero attached hydrogens (tertiary/aromatic N) is 1. The topological polar surface area (TPSA) is 51.2 Å². The van der Waals surface area contributed by atoms with Gasteiger partial charge in [-0.2, -0.15) is 0 Å². The number of carbonyl (C=O) groups is 1. The van der Waals surface area contributed by atoms with Gasteiger partial charge in [0.05, 0.1) is 29.4 Å². The standard InChI is InChI=1S/C15H18N2O2S/c1-4-19-15(18)12-7-5-6-8-13(12)16-9-14-10(2)17-11(3)20-14/h5-8,16H,4,9H2,1-3H3. The molecule has 0 unspecified atom stereocenters. The summed E-state index contributed by atoms with van der Waals surface area (Å²) in [6, 6.07) is 7.38. The molecule has 1 heterocycles. The molecule has 1 aromatic carbocycles. The third-order valence-corrected chi connectivity index (χ3v) is 3.93. The normalized spacial score (nSPS) is 10.3. The zero-order chi connectivity index (χ0) is 14.5. The number of para-hydroxylation sites is 1. The third kappa shape index (κ3) is 3.36. The van der Waals surface area contributed by atoms with Crippen LogP contribution in [0, 0.1) is 13.8 Å². The first kappa shape index (κ1) is 14.5. The molecular formula is C15H18N2O2S. The highest BCUT2D eigenvalue weighted by atomic mass is 32.1. The molecule has 0 aliphatic rings. The molecule has 0 saturated carbocycles. The van der Waals surface area contributed by atoms with Gasteiger partial charge in [0.1, 0.15) is 0 Å². The Hall–Kier alpha value is -1.88. The molecule has 0 saturated heterocycles. The first-order valence-corrected chi connectivity index (χ1v) is 7.36. The highest BCUT2D eigenvalue weighted by Gasteiger charge is 2.12. The lowest BCUT2D eigenvalue weighted by Crippen LogP contribution is -2.09. The minimum absolute atomic E-state index is 0.298. The monoisotopic (exact) mass is 290 g/mol. The minimum atomic E-state index is -0.298. The summed E-state index contributed by atoms with van der Waals surface area (Å²) in [5.41, 5.74) is 2.39. The second-order valence-electron chi connectivity index (χ2n) is 4.36. The van der Waals surface area contributed by atoms with Crippen LogP contribution in [-0.4, -0.2) is 17.6 Å². The number of aryl methyl sites for hydroxylation is 2. The van der Waals surface area contributed by atoms with Gasteiger partial charge >= 0.3 is 5.97 Å². The Balaban J connectivity index is 2.13. The number of hydrogen-bond donors (Lipinski definition) is 1. The Morgan fingerprint density at radius 1 is 1.35 bits per heavy atom. The lowest BCUT2D eigenvalue weighted by atomic mass is 10.2. The predicted octanol–water partition coefficient (Wildman–Crippen LogP) is 3.55. The largest absolute Gasteiger partial charge is 0.462 e. The second kappa shape index (κ2) is 6.52. The van der Waals surface area contributed by atoms with Gasteiger partial charge < -0.3 is 10.1 Å². The summed E-state index contributed by atoms with van der Waals surface area (Å²) in [4.78, 5) is 17.5. The Labute approximate surface area is 122 Å². The molecule has 106 valence electrons. The van der Waals surface area contributed by atoms with Gasteiger partial charge in [0.25, 0.3) is 0 Å². The summed E-state index contributed by atoms with van der Waals surface area (Å²) in [7, 11) is 0. The summed E-state index contributed by atoms with van der Waals surface area (Å²) in [5, 5.41) is 4.35.